The second kappa shape index (κ2) is 33.6. The van der Waals surface area contributed by atoms with Crippen LogP contribution < -0.4 is 28.4 Å². The third kappa shape index (κ3) is 17.5. The van der Waals surface area contributed by atoms with Crippen LogP contribution in [-0.4, -0.2) is 98.4 Å². The molecule has 8 aromatic rings. The van der Waals surface area contributed by atoms with E-state index in [0.717, 1.165) is 135 Å². The predicted octanol–water partition coefficient (Wildman–Crippen LogP) is 15.2. The van der Waals surface area contributed by atoms with Crippen molar-refractivity contribution < 1.29 is 67.0 Å². The van der Waals surface area contributed by atoms with Crippen LogP contribution in [0.15, 0.2) is 170 Å². The molecule has 0 spiro atoms. The summed E-state index contributed by atoms with van der Waals surface area (Å²) in [5.41, 5.74) is 6.45. The molecular formula is C72H84O14. The van der Waals surface area contributed by atoms with Crippen molar-refractivity contribution >= 4 is 21.5 Å². The van der Waals surface area contributed by atoms with Crippen LogP contribution >= 0.6 is 0 Å². The average Bonchev–Trinajstić information content (AvgIpc) is 2.72. The van der Waals surface area contributed by atoms with Gasteiger partial charge in [0.25, 0.3) is 0 Å². The lowest BCUT2D eigenvalue weighted by atomic mass is 9.79. The van der Waals surface area contributed by atoms with Gasteiger partial charge in [-0.05, 0) is 132 Å². The highest BCUT2D eigenvalue weighted by Gasteiger charge is 2.38. The van der Waals surface area contributed by atoms with Crippen molar-refractivity contribution in [3.8, 4) is 34.5 Å². The van der Waals surface area contributed by atoms with Crippen molar-refractivity contribution in [3.63, 3.8) is 0 Å². The molecule has 86 heavy (non-hydrogen) atoms. The highest BCUT2D eigenvalue weighted by molar-refractivity contribution is 5.89. The zero-order chi connectivity index (χ0) is 59.7. The maximum atomic E-state index is 9.74. The van der Waals surface area contributed by atoms with E-state index < -0.39 is 0 Å². The molecule has 8 aromatic carbocycles. The Morgan fingerprint density at radius 2 is 0.802 bits per heavy atom. The van der Waals surface area contributed by atoms with Gasteiger partial charge in [-0.25, -0.2) is 4.89 Å². The van der Waals surface area contributed by atoms with Gasteiger partial charge in [0.1, 0.15) is 47.4 Å². The zero-order valence-electron chi connectivity index (χ0n) is 50.4. The van der Waals surface area contributed by atoms with Gasteiger partial charge in [-0.2, -0.15) is 0 Å². The van der Waals surface area contributed by atoms with Gasteiger partial charge < -0.3 is 56.8 Å². The van der Waals surface area contributed by atoms with Gasteiger partial charge in [0.05, 0.1) is 99.6 Å². The van der Waals surface area contributed by atoms with Crippen LogP contribution in [0.5, 0.6) is 34.5 Å². The van der Waals surface area contributed by atoms with E-state index in [-0.39, 0.29) is 43.0 Å². The molecule has 2 saturated carbocycles. The molecule has 0 aromatic heterocycles. The summed E-state index contributed by atoms with van der Waals surface area (Å²) < 4.78 is 70.3. The number of hydrogen-bond acceptors (Lipinski definition) is 14. The van der Waals surface area contributed by atoms with E-state index in [1.807, 2.05) is 115 Å². The van der Waals surface area contributed by atoms with Gasteiger partial charge in [-0.1, -0.05) is 109 Å². The predicted molar refractivity (Wildman–Crippen MR) is 334 cm³/mol. The molecule has 2 fully saturated rings. The number of rotatable bonds is 30. The third-order valence-corrected chi connectivity index (χ3v) is 16.1. The molecule has 2 aliphatic carbocycles. The minimum absolute atomic E-state index is 0.00648. The van der Waals surface area contributed by atoms with Crippen LogP contribution in [0.1, 0.15) is 96.6 Å². The molecule has 0 saturated heterocycles. The fourth-order valence-corrected chi connectivity index (χ4v) is 11.8. The molecule has 0 heterocycles. The van der Waals surface area contributed by atoms with E-state index in [0.29, 0.717) is 52.9 Å². The molecule has 14 nitrogen and oxygen atoms in total. The van der Waals surface area contributed by atoms with Gasteiger partial charge in [0.15, 0.2) is 0 Å². The minimum atomic E-state index is -0.331. The van der Waals surface area contributed by atoms with E-state index in [1.54, 1.807) is 35.5 Å². The molecule has 456 valence electrons. The second-order valence-corrected chi connectivity index (χ2v) is 21.7. The van der Waals surface area contributed by atoms with Gasteiger partial charge in [0.2, 0.25) is 0 Å². The Hall–Kier alpha value is -7.24. The summed E-state index contributed by atoms with van der Waals surface area (Å²) in [6.45, 7) is 4.56. The Kier molecular flexibility index (Phi) is 24.7. The highest BCUT2D eigenvalue weighted by Crippen LogP contribution is 2.41. The lowest BCUT2D eigenvalue weighted by Crippen LogP contribution is -2.38. The molecule has 0 radical (unpaired) electrons. The highest BCUT2D eigenvalue weighted by atomic mass is 17.1. The van der Waals surface area contributed by atoms with Gasteiger partial charge in [-0.15, -0.1) is 0 Å². The molecule has 0 unspecified atom stereocenters. The Morgan fingerprint density at radius 3 is 1.24 bits per heavy atom. The largest absolute Gasteiger partial charge is 0.496 e. The lowest BCUT2D eigenvalue weighted by molar-refractivity contribution is -0.295. The molecule has 0 amide bonds. The van der Waals surface area contributed by atoms with Crippen molar-refractivity contribution in [1.82, 2.24) is 0 Å². The van der Waals surface area contributed by atoms with Crippen LogP contribution in [0, 0.1) is 0 Å². The first-order valence-corrected chi connectivity index (χ1v) is 30.0. The van der Waals surface area contributed by atoms with Gasteiger partial charge in [-0.3, -0.25) is 5.26 Å². The van der Waals surface area contributed by atoms with Crippen LogP contribution in [0.3, 0.4) is 0 Å². The Morgan fingerprint density at radius 1 is 0.395 bits per heavy atom. The van der Waals surface area contributed by atoms with E-state index in [1.165, 1.54) is 5.56 Å². The fraction of sp³-hybridized carbons (Fsp3) is 0.389. The van der Waals surface area contributed by atoms with E-state index >= 15 is 0 Å². The Labute approximate surface area is 506 Å². The number of fused-ring (bicyclic) bond motifs is 2. The van der Waals surface area contributed by atoms with E-state index in [9.17, 15) is 5.26 Å². The van der Waals surface area contributed by atoms with Crippen LogP contribution in [0.2, 0.25) is 0 Å². The molecule has 0 bridgehead atoms. The molecule has 1 N–H and O–H groups in total. The summed E-state index contributed by atoms with van der Waals surface area (Å²) in [6.07, 6.45) is 6.72. The summed E-state index contributed by atoms with van der Waals surface area (Å²) in [4.78, 5) is 4.96. The van der Waals surface area contributed by atoms with Crippen molar-refractivity contribution in [3.05, 3.63) is 203 Å². The molecule has 0 aliphatic heterocycles. The SMILES string of the molecule is COCO[C@@H]1CCC[C@H](OCc2cc(OC)c3ccccc3c2)[C@H]1c1ccc(OCCCOCc2ccccc2OC)cc1.COc1ccccc1COCCCOc1ccc([C@@H]2[C@@H](OCc3cc(OC)c4ccccc4c3)CCC[C@H]2OO)cc1. The Balaban J connectivity index is 0.000000206. The van der Waals surface area contributed by atoms with E-state index in [4.69, 9.17) is 61.7 Å². The van der Waals surface area contributed by atoms with Crippen molar-refractivity contribution in [1.29, 1.82) is 0 Å². The summed E-state index contributed by atoms with van der Waals surface area (Å²) in [6, 6.07) is 57.1. The zero-order valence-corrected chi connectivity index (χ0v) is 50.4. The van der Waals surface area contributed by atoms with Gasteiger partial charge >= 0.3 is 0 Å². The number of hydrogen-bond donors (Lipinski definition) is 1. The van der Waals surface area contributed by atoms with Crippen molar-refractivity contribution in [2.45, 2.75) is 114 Å². The van der Waals surface area contributed by atoms with Crippen molar-refractivity contribution in [2.24, 2.45) is 0 Å². The maximum absolute atomic E-state index is 9.74. The average molecular weight is 1170 g/mol. The monoisotopic (exact) mass is 1170 g/mol. The van der Waals surface area contributed by atoms with Gasteiger partial charge in [0, 0.05) is 53.7 Å². The van der Waals surface area contributed by atoms with Crippen LogP contribution in [0.4, 0.5) is 0 Å². The fourth-order valence-electron chi connectivity index (χ4n) is 11.8. The first-order valence-electron chi connectivity index (χ1n) is 30.0. The standard InChI is InChI=1S/C37H44O7.C35H40O7/c1-38-26-44-35-15-8-14-34(43-24-27-22-29-10-4-6-12-32(29)36(23-27)40-3)37(35)28-16-18-31(19-17-28)42-21-9-20-41-25-30-11-5-7-13-33(30)39-2;1-37-31-12-6-4-10-28(31)24-39-19-8-20-40-29-17-15-26(16-18-29)35-32(13-7-14-33(35)42-36)41-23-25-21-27-9-3-5-11-30(27)34(22-25)38-2/h4-7,10-13,16-19,22-23,34-35,37H,8-9,14-15,20-21,24-26H2,1-3H3;3-6,9-12,15-18,21-22,32-33,35-36H,7-8,13-14,19-20,23-24H2,1-2H3/t34-,35+,37+;32-,33+,35+/m00/s1. The van der Waals surface area contributed by atoms with E-state index in [2.05, 4.69) is 54.6 Å². The molecule has 10 rings (SSSR count). The molecule has 6 atom stereocenters. The first kappa shape index (κ1) is 63.3. The normalized spacial score (nSPS) is 18.4. The minimum Gasteiger partial charge on any atom is -0.496 e. The smallest absolute Gasteiger partial charge is 0.146 e. The second-order valence-electron chi connectivity index (χ2n) is 21.7. The first-order chi connectivity index (χ1) is 42.4. The summed E-state index contributed by atoms with van der Waals surface area (Å²) in [5.74, 6) is 5.00. The summed E-state index contributed by atoms with van der Waals surface area (Å²) in [7, 11) is 8.41. The van der Waals surface area contributed by atoms with Crippen LogP contribution in [0.25, 0.3) is 21.5 Å². The number of methoxy groups -OCH3 is 5. The topological polar surface area (TPSA) is 140 Å². The Bertz CT molecular complexity index is 3280. The molecular weight excluding hydrogens is 1090 g/mol. The maximum Gasteiger partial charge on any atom is 0.146 e. The number of benzene rings is 8. The summed E-state index contributed by atoms with van der Waals surface area (Å²) >= 11 is 0. The number of ether oxygens (including phenoxy) is 12. The van der Waals surface area contributed by atoms with Crippen molar-refractivity contribution in [2.75, 3.05) is 68.8 Å². The molecule has 2 aliphatic rings. The molecule has 14 heteroatoms. The summed E-state index contributed by atoms with van der Waals surface area (Å²) in [5, 5.41) is 14.2. The lowest BCUT2D eigenvalue weighted by Gasteiger charge is -2.38. The third-order valence-electron chi connectivity index (χ3n) is 16.1. The quantitative estimate of drug-likeness (QED) is 0.0198. The van der Waals surface area contributed by atoms with Crippen LogP contribution in [-0.2, 0) is 59.7 Å². The number of para-hydroxylation sites is 2.